The van der Waals surface area contributed by atoms with Crippen molar-refractivity contribution >= 4 is 27.3 Å². The molecule has 1 heterocycles. The summed E-state index contributed by atoms with van der Waals surface area (Å²) < 4.78 is 42.4. The normalized spacial score (nSPS) is 13.8. The van der Waals surface area contributed by atoms with E-state index in [0.717, 1.165) is 22.9 Å². The molecule has 8 nitrogen and oxygen atoms in total. The highest BCUT2D eigenvalue weighted by Crippen LogP contribution is 2.34. The van der Waals surface area contributed by atoms with Gasteiger partial charge in [-0.3, -0.25) is 9.52 Å². The van der Waals surface area contributed by atoms with Gasteiger partial charge in [-0.2, -0.15) is 0 Å². The van der Waals surface area contributed by atoms with Crippen molar-refractivity contribution in [3.63, 3.8) is 0 Å². The fourth-order valence-electron chi connectivity index (χ4n) is 4.47. The van der Waals surface area contributed by atoms with Crippen LogP contribution in [0.25, 0.3) is 11.1 Å². The molecule has 1 amide bonds. The molecule has 1 aliphatic rings. The second-order valence-corrected chi connectivity index (χ2v) is 12.4. The maximum atomic E-state index is 13.5. The molecular formula is C30H36N2O6S. The van der Waals surface area contributed by atoms with Gasteiger partial charge in [-0.25, -0.2) is 8.42 Å². The predicted octanol–water partition coefficient (Wildman–Crippen LogP) is 5.22. The van der Waals surface area contributed by atoms with E-state index in [4.69, 9.17) is 14.2 Å². The molecule has 0 saturated heterocycles. The third kappa shape index (κ3) is 7.17. The number of hydrogen-bond donors (Lipinski definition) is 1. The average molecular weight is 553 g/mol. The Morgan fingerprint density at radius 1 is 0.949 bits per heavy atom. The smallest absolute Gasteiger partial charge is 0.258 e. The summed E-state index contributed by atoms with van der Waals surface area (Å²) in [6, 6.07) is 19.5. The lowest BCUT2D eigenvalue weighted by atomic mass is 9.86. The van der Waals surface area contributed by atoms with Gasteiger partial charge < -0.3 is 19.1 Å². The number of anilines is 2. The molecule has 0 saturated carbocycles. The second kappa shape index (κ2) is 11.8. The lowest BCUT2D eigenvalue weighted by molar-refractivity contribution is -0.00813. The summed E-state index contributed by atoms with van der Waals surface area (Å²) >= 11 is 0. The van der Waals surface area contributed by atoms with Crippen LogP contribution in [0.15, 0.2) is 60.7 Å². The van der Waals surface area contributed by atoms with Gasteiger partial charge in [-0.15, -0.1) is 0 Å². The first-order valence-electron chi connectivity index (χ1n) is 12.8. The van der Waals surface area contributed by atoms with Crippen molar-refractivity contribution in [1.82, 2.24) is 0 Å². The summed E-state index contributed by atoms with van der Waals surface area (Å²) in [5.74, 6) is 0.168. The average Bonchev–Trinajstić information content (AvgIpc) is 2.88. The molecule has 1 N–H and O–H groups in total. The Kier molecular flexibility index (Phi) is 8.64. The van der Waals surface area contributed by atoms with Crippen molar-refractivity contribution in [3.8, 4) is 16.9 Å². The van der Waals surface area contributed by atoms with E-state index in [1.807, 2.05) is 12.1 Å². The van der Waals surface area contributed by atoms with Crippen molar-refractivity contribution in [2.75, 3.05) is 49.5 Å². The third-order valence-corrected chi connectivity index (χ3v) is 7.16. The number of nitrogens with one attached hydrogen (secondary N) is 1. The van der Waals surface area contributed by atoms with Crippen LogP contribution in [0.5, 0.6) is 5.75 Å². The van der Waals surface area contributed by atoms with E-state index < -0.39 is 10.0 Å². The van der Waals surface area contributed by atoms with Gasteiger partial charge in [0.15, 0.2) is 6.79 Å². The van der Waals surface area contributed by atoms with Crippen molar-refractivity contribution in [3.05, 3.63) is 77.4 Å². The summed E-state index contributed by atoms with van der Waals surface area (Å²) in [5.41, 5.74) is 5.99. The Morgan fingerprint density at radius 2 is 1.67 bits per heavy atom. The molecule has 3 aromatic rings. The number of benzene rings is 3. The molecule has 208 valence electrons. The molecule has 0 atom stereocenters. The molecule has 0 unspecified atom stereocenters. The van der Waals surface area contributed by atoms with E-state index in [2.05, 4.69) is 55.8 Å². The Bertz CT molecular complexity index is 1430. The predicted molar refractivity (Wildman–Crippen MR) is 154 cm³/mol. The van der Waals surface area contributed by atoms with Crippen LogP contribution in [-0.2, 0) is 31.3 Å². The molecule has 0 aliphatic carbocycles. The first-order chi connectivity index (χ1) is 18.5. The van der Waals surface area contributed by atoms with Crippen molar-refractivity contribution in [2.24, 2.45) is 0 Å². The maximum absolute atomic E-state index is 13.5. The highest BCUT2D eigenvalue weighted by Gasteiger charge is 2.27. The second-order valence-electron chi connectivity index (χ2n) is 10.6. The number of sulfonamides is 1. The van der Waals surface area contributed by atoms with E-state index in [-0.39, 0.29) is 23.8 Å². The number of methoxy groups -OCH3 is 1. The molecule has 3 aromatic carbocycles. The van der Waals surface area contributed by atoms with E-state index in [1.54, 1.807) is 30.2 Å². The Labute approximate surface area is 230 Å². The quantitative estimate of drug-likeness (QED) is 0.274. The van der Waals surface area contributed by atoms with E-state index in [9.17, 15) is 13.2 Å². The van der Waals surface area contributed by atoms with Crippen LogP contribution in [0.4, 0.5) is 11.4 Å². The van der Waals surface area contributed by atoms with Crippen LogP contribution in [0.1, 0.15) is 42.3 Å². The van der Waals surface area contributed by atoms with E-state index in [1.165, 1.54) is 5.56 Å². The molecule has 0 aromatic heterocycles. The summed E-state index contributed by atoms with van der Waals surface area (Å²) in [4.78, 5) is 15.2. The topological polar surface area (TPSA) is 94.2 Å². The van der Waals surface area contributed by atoms with Crippen LogP contribution in [0.3, 0.4) is 0 Å². The standard InChI is InChI=1S/C30H36N2O6S/c1-30(2,3)24-9-6-21(7-10-24)22-8-12-26-23(18-22)14-15-32(29(26)33)25-11-13-28(38-20-37-17-16-36-4)27(19-25)31-39(5,34)35/h6-13,18-19,31H,14-17,20H2,1-5H3. The van der Waals surface area contributed by atoms with Crippen LogP contribution < -0.4 is 14.4 Å². The summed E-state index contributed by atoms with van der Waals surface area (Å²) in [6.45, 7) is 7.73. The van der Waals surface area contributed by atoms with Crippen LogP contribution in [0.2, 0.25) is 0 Å². The lowest BCUT2D eigenvalue weighted by Crippen LogP contribution is -2.37. The zero-order valence-corrected chi connectivity index (χ0v) is 23.9. The number of carbonyl (C=O) groups excluding carboxylic acids is 1. The molecule has 39 heavy (non-hydrogen) atoms. The highest BCUT2D eigenvalue weighted by molar-refractivity contribution is 7.92. The number of carbonyl (C=O) groups is 1. The van der Waals surface area contributed by atoms with Crippen molar-refractivity contribution < 1.29 is 27.4 Å². The van der Waals surface area contributed by atoms with Gasteiger partial charge in [0.2, 0.25) is 10.0 Å². The maximum Gasteiger partial charge on any atom is 0.258 e. The van der Waals surface area contributed by atoms with Gasteiger partial charge in [-0.05, 0) is 58.4 Å². The van der Waals surface area contributed by atoms with Gasteiger partial charge in [0.05, 0.1) is 25.2 Å². The van der Waals surface area contributed by atoms with Crippen molar-refractivity contribution in [1.29, 1.82) is 0 Å². The molecule has 0 bridgehead atoms. The first-order valence-corrected chi connectivity index (χ1v) is 14.7. The van der Waals surface area contributed by atoms with Crippen LogP contribution >= 0.6 is 0 Å². The number of amides is 1. The lowest BCUT2D eigenvalue weighted by Gasteiger charge is -2.29. The fourth-order valence-corrected chi connectivity index (χ4v) is 5.03. The Morgan fingerprint density at radius 3 is 2.33 bits per heavy atom. The molecule has 0 spiro atoms. The summed E-state index contributed by atoms with van der Waals surface area (Å²) in [6.07, 6.45) is 1.74. The summed E-state index contributed by atoms with van der Waals surface area (Å²) in [7, 11) is -2.01. The number of nitrogens with zero attached hydrogens (tertiary/aromatic N) is 1. The third-order valence-electron chi connectivity index (χ3n) is 6.57. The number of rotatable bonds is 10. The Balaban J connectivity index is 1.55. The number of hydrogen-bond acceptors (Lipinski definition) is 6. The fraction of sp³-hybridized carbons (Fsp3) is 0.367. The summed E-state index contributed by atoms with van der Waals surface area (Å²) in [5, 5.41) is 0. The minimum absolute atomic E-state index is 0.0710. The first kappa shape index (κ1) is 28.6. The molecular weight excluding hydrogens is 516 g/mol. The van der Waals surface area contributed by atoms with Crippen molar-refractivity contribution in [2.45, 2.75) is 32.6 Å². The van der Waals surface area contributed by atoms with Gasteiger partial charge in [0.25, 0.3) is 5.91 Å². The molecule has 4 rings (SSSR count). The zero-order valence-electron chi connectivity index (χ0n) is 23.1. The minimum Gasteiger partial charge on any atom is -0.465 e. The number of ether oxygens (including phenoxy) is 3. The van der Waals surface area contributed by atoms with Crippen LogP contribution in [0, 0.1) is 0 Å². The van der Waals surface area contributed by atoms with Gasteiger partial charge >= 0.3 is 0 Å². The van der Waals surface area contributed by atoms with Gasteiger partial charge in [0.1, 0.15) is 5.75 Å². The van der Waals surface area contributed by atoms with Gasteiger partial charge in [-0.1, -0.05) is 57.2 Å². The minimum atomic E-state index is -3.59. The molecule has 0 fully saturated rings. The largest absolute Gasteiger partial charge is 0.465 e. The van der Waals surface area contributed by atoms with E-state index in [0.29, 0.717) is 43.2 Å². The van der Waals surface area contributed by atoms with Crippen LogP contribution in [-0.4, -0.2) is 54.2 Å². The SMILES string of the molecule is COCCOCOc1ccc(N2CCc3cc(-c4ccc(C(C)(C)C)cc4)ccc3C2=O)cc1NS(C)(=O)=O. The monoisotopic (exact) mass is 552 g/mol. The van der Waals surface area contributed by atoms with E-state index >= 15 is 0 Å². The zero-order chi connectivity index (χ0) is 28.2. The molecule has 0 radical (unpaired) electrons. The number of fused-ring (bicyclic) bond motifs is 1. The van der Waals surface area contributed by atoms with Gasteiger partial charge in [0, 0.05) is 24.9 Å². The molecule has 1 aliphatic heterocycles. The highest BCUT2D eigenvalue weighted by atomic mass is 32.2. The Hall–Kier alpha value is -3.40. The molecule has 9 heteroatoms.